The van der Waals surface area contributed by atoms with Gasteiger partial charge >= 0.3 is 0 Å². The highest BCUT2D eigenvalue weighted by Crippen LogP contribution is 2.23. The van der Waals surface area contributed by atoms with Crippen LogP contribution in [0.1, 0.15) is 26.7 Å². The van der Waals surface area contributed by atoms with Gasteiger partial charge in [-0.2, -0.15) is 4.91 Å². The summed E-state index contributed by atoms with van der Waals surface area (Å²) in [6.45, 7) is 4.85. The third-order valence-electron chi connectivity index (χ3n) is 2.98. The molecule has 0 saturated carbocycles. The number of rotatable bonds is 9. The second-order valence-corrected chi connectivity index (χ2v) is 5.91. The van der Waals surface area contributed by atoms with Gasteiger partial charge in [0.1, 0.15) is 31.3 Å². The zero-order chi connectivity index (χ0) is 17.6. The van der Waals surface area contributed by atoms with Crippen molar-refractivity contribution in [2.24, 2.45) is 5.18 Å². The number of thiol groups is 1. The highest BCUT2D eigenvalue weighted by atomic mass is 32.2. The van der Waals surface area contributed by atoms with Crippen LogP contribution in [0.15, 0.2) is 57.2 Å². The number of nitroso groups, excluding NO2 is 1. The van der Waals surface area contributed by atoms with E-state index in [0.717, 1.165) is 41.0 Å². The molecule has 0 bridgehead atoms. The zero-order valence-electron chi connectivity index (χ0n) is 14.3. The van der Waals surface area contributed by atoms with Crippen LogP contribution in [0.2, 0.25) is 0 Å². The number of hydrogen-bond acceptors (Lipinski definition) is 5. The van der Waals surface area contributed by atoms with Crippen LogP contribution >= 0.6 is 0 Å². The molecule has 1 aliphatic carbocycles. The van der Waals surface area contributed by atoms with Gasteiger partial charge in [0.2, 0.25) is 0 Å². The summed E-state index contributed by atoms with van der Waals surface area (Å²) in [4.78, 5) is 12.3. The van der Waals surface area contributed by atoms with E-state index in [-0.39, 0.29) is 13.2 Å². The molecule has 0 amide bonds. The summed E-state index contributed by atoms with van der Waals surface area (Å²) in [5.41, 5.74) is 0. The van der Waals surface area contributed by atoms with Crippen LogP contribution < -0.4 is 4.74 Å². The summed E-state index contributed by atoms with van der Waals surface area (Å²) in [5, 5.41) is 11.6. The number of aliphatic hydroxyl groups is 1. The lowest BCUT2D eigenvalue weighted by molar-refractivity contribution is 0.139. The molecule has 1 aliphatic rings. The van der Waals surface area contributed by atoms with Crippen molar-refractivity contribution >= 4 is 11.8 Å². The number of benzene rings is 1. The lowest BCUT2D eigenvalue weighted by atomic mass is 10.1. The highest BCUT2D eigenvalue weighted by Gasteiger charge is 2.14. The molecule has 0 heterocycles. The largest absolute Gasteiger partial charge is 0.495 e. The van der Waals surface area contributed by atoms with Gasteiger partial charge in [-0.15, -0.1) is 0 Å². The second-order valence-electron chi connectivity index (χ2n) is 4.66. The molecule has 24 heavy (non-hydrogen) atoms. The minimum absolute atomic E-state index is 0.0369. The van der Waals surface area contributed by atoms with Gasteiger partial charge in [0.15, 0.2) is 9.80 Å². The molecule has 0 saturated heterocycles. The molecular formula is C18H26NO4S+. The molecule has 0 radical (unpaired) electrons. The van der Waals surface area contributed by atoms with E-state index >= 15 is 0 Å². The summed E-state index contributed by atoms with van der Waals surface area (Å²) >= 11 is 1.11. The van der Waals surface area contributed by atoms with Crippen molar-refractivity contribution in [1.82, 2.24) is 0 Å². The van der Waals surface area contributed by atoms with Crippen LogP contribution in [0.4, 0.5) is 0 Å². The Morgan fingerprint density at radius 3 is 2.58 bits per heavy atom. The van der Waals surface area contributed by atoms with Crippen LogP contribution in [0.5, 0.6) is 5.75 Å². The molecule has 0 spiro atoms. The number of aliphatic hydroxyl groups excluding tert-OH is 1. The van der Waals surface area contributed by atoms with Gasteiger partial charge in [0.25, 0.3) is 0 Å². The predicted octanol–water partition coefficient (Wildman–Crippen LogP) is 3.60. The molecule has 5 nitrogen and oxygen atoms in total. The quantitative estimate of drug-likeness (QED) is 0.319. The lowest BCUT2D eigenvalue weighted by Crippen LogP contribution is -2.03. The molecule has 1 aromatic rings. The third kappa shape index (κ3) is 7.66. The van der Waals surface area contributed by atoms with E-state index in [1.807, 2.05) is 44.2 Å². The molecule has 2 rings (SSSR count). The Balaban J connectivity index is 0.00000139. The molecular weight excluding hydrogens is 326 g/mol. The van der Waals surface area contributed by atoms with E-state index < -0.39 is 0 Å². The van der Waals surface area contributed by atoms with E-state index in [1.165, 1.54) is 4.91 Å². The predicted molar refractivity (Wildman–Crippen MR) is 99.4 cm³/mol. The number of nitrogens with zero attached hydrogens (tertiary/aromatic N) is 1. The van der Waals surface area contributed by atoms with Crippen LogP contribution in [0, 0.1) is 4.91 Å². The van der Waals surface area contributed by atoms with E-state index in [2.05, 4.69) is 11.3 Å². The first kappa shape index (κ1) is 20.3. The summed E-state index contributed by atoms with van der Waals surface area (Å²) < 4.78 is 10.9. The third-order valence-corrected chi connectivity index (χ3v) is 4.10. The number of ether oxygens (including phenoxy) is 2. The van der Waals surface area contributed by atoms with Crippen molar-refractivity contribution in [3.8, 4) is 5.75 Å². The minimum Gasteiger partial charge on any atom is -0.495 e. The van der Waals surface area contributed by atoms with Gasteiger partial charge in [-0.1, -0.05) is 19.0 Å². The SMILES string of the molecule is CC.O=NCCOc1ccc([SH+]C2=CCCC(OCCO)=C2)cc1. The summed E-state index contributed by atoms with van der Waals surface area (Å²) in [6.07, 6.45) is 6.09. The fraction of sp³-hybridized carbons (Fsp3) is 0.444. The van der Waals surface area contributed by atoms with Gasteiger partial charge in [0.05, 0.1) is 6.61 Å². The molecule has 0 atom stereocenters. The Morgan fingerprint density at radius 2 is 1.92 bits per heavy atom. The molecule has 0 aliphatic heterocycles. The maximum absolute atomic E-state index is 10.00. The molecule has 6 heteroatoms. The van der Waals surface area contributed by atoms with Crippen molar-refractivity contribution in [2.45, 2.75) is 31.6 Å². The first-order valence-electron chi connectivity index (χ1n) is 8.20. The van der Waals surface area contributed by atoms with Crippen molar-refractivity contribution in [3.05, 3.63) is 52.0 Å². The molecule has 0 aromatic heterocycles. The zero-order valence-corrected chi connectivity index (χ0v) is 15.2. The lowest BCUT2D eigenvalue weighted by Gasteiger charge is -2.11. The van der Waals surface area contributed by atoms with E-state index in [9.17, 15) is 4.91 Å². The Hall–Kier alpha value is -1.79. The minimum atomic E-state index is 0.0369. The molecule has 1 N–H and O–H groups in total. The normalized spacial score (nSPS) is 13.1. The molecule has 0 fully saturated rings. The van der Waals surface area contributed by atoms with Crippen LogP contribution in [0.25, 0.3) is 0 Å². The van der Waals surface area contributed by atoms with Crippen molar-refractivity contribution in [2.75, 3.05) is 26.4 Å². The summed E-state index contributed by atoms with van der Waals surface area (Å²) in [7, 11) is 0. The van der Waals surface area contributed by atoms with Crippen molar-refractivity contribution < 1.29 is 14.6 Å². The van der Waals surface area contributed by atoms with Gasteiger partial charge in [0, 0.05) is 24.3 Å². The Bertz CT molecular complexity index is 540. The van der Waals surface area contributed by atoms with Gasteiger partial charge in [-0.3, -0.25) is 0 Å². The fourth-order valence-electron chi connectivity index (χ4n) is 1.99. The van der Waals surface area contributed by atoms with Crippen molar-refractivity contribution in [1.29, 1.82) is 0 Å². The number of allylic oxidation sites excluding steroid dienone is 3. The van der Waals surface area contributed by atoms with Crippen molar-refractivity contribution in [3.63, 3.8) is 0 Å². The standard InChI is InChI=1S/C16H19NO4S.C2H6/c18-9-11-21-14-2-1-3-16(12-14)22-15-6-4-13(5-7-15)20-10-8-17-19;1-2/h3-7,12,18H,1-2,8-11H2;1-2H3/p+1. The Kier molecular flexibility index (Phi) is 10.6. The van der Waals surface area contributed by atoms with E-state index in [4.69, 9.17) is 14.6 Å². The molecule has 1 aromatic carbocycles. The van der Waals surface area contributed by atoms with E-state index in [0.29, 0.717) is 13.2 Å². The maximum atomic E-state index is 10.00. The summed E-state index contributed by atoms with van der Waals surface area (Å²) in [5.74, 6) is 1.67. The monoisotopic (exact) mass is 352 g/mol. The summed E-state index contributed by atoms with van der Waals surface area (Å²) in [6, 6.07) is 7.79. The van der Waals surface area contributed by atoms with Gasteiger partial charge in [-0.25, -0.2) is 0 Å². The van der Waals surface area contributed by atoms with Gasteiger partial charge in [-0.05, 0) is 36.8 Å². The highest BCUT2D eigenvalue weighted by molar-refractivity contribution is 7.83. The fourth-order valence-corrected chi connectivity index (χ4v) is 3.02. The Morgan fingerprint density at radius 1 is 1.17 bits per heavy atom. The topological polar surface area (TPSA) is 68.1 Å². The maximum Gasteiger partial charge on any atom is 0.158 e. The van der Waals surface area contributed by atoms with Crippen LogP contribution in [0.3, 0.4) is 0 Å². The average Bonchev–Trinajstić information content (AvgIpc) is 2.64. The molecule has 0 unspecified atom stereocenters. The smallest absolute Gasteiger partial charge is 0.158 e. The second kappa shape index (κ2) is 12.6. The number of hydrogen-bond donors (Lipinski definition) is 1. The first-order chi connectivity index (χ1) is 11.8. The Labute approximate surface area is 147 Å². The first-order valence-corrected chi connectivity index (χ1v) is 9.09. The van der Waals surface area contributed by atoms with Crippen LogP contribution in [-0.2, 0) is 16.5 Å². The average molecular weight is 352 g/mol. The van der Waals surface area contributed by atoms with E-state index in [1.54, 1.807) is 0 Å². The van der Waals surface area contributed by atoms with Crippen LogP contribution in [-0.4, -0.2) is 31.5 Å². The van der Waals surface area contributed by atoms with Gasteiger partial charge < -0.3 is 14.6 Å². The molecule has 132 valence electrons.